The van der Waals surface area contributed by atoms with E-state index in [1.165, 1.54) is 0 Å². The molecule has 5 heteroatoms. The third kappa shape index (κ3) is 4.72. The fourth-order valence-electron chi connectivity index (χ4n) is 2.94. The van der Waals surface area contributed by atoms with E-state index in [4.69, 9.17) is 32.7 Å². The van der Waals surface area contributed by atoms with E-state index in [9.17, 15) is 4.79 Å². The van der Waals surface area contributed by atoms with E-state index in [0.717, 1.165) is 22.3 Å². The van der Waals surface area contributed by atoms with Crippen LogP contribution in [0.3, 0.4) is 0 Å². The van der Waals surface area contributed by atoms with Gasteiger partial charge in [0.05, 0.1) is 10.0 Å². The summed E-state index contributed by atoms with van der Waals surface area (Å²) >= 11 is 12.4. The van der Waals surface area contributed by atoms with Gasteiger partial charge in [-0.1, -0.05) is 50.9 Å². The highest BCUT2D eigenvalue weighted by Crippen LogP contribution is 2.34. The molecule has 140 valence electrons. The minimum atomic E-state index is -0.870. The number of benzene rings is 2. The first-order valence-electron chi connectivity index (χ1n) is 8.59. The molecule has 0 amide bonds. The molecule has 2 rings (SSSR count). The van der Waals surface area contributed by atoms with Crippen molar-refractivity contribution in [2.45, 2.75) is 53.4 Å². The van der Waals surface area contributed by atoms with Crippen molar-refractivity contribution in [1.82, 2.24) is 0 Å². The van der Waals surface area contributed by atoms with Crippen LogP contribution in [0.15, 0.2) is 24.3 Å². The standard InChI is InChI=1S/C21H24Cl2O3/c1-11(2)15-9-19(17(22)7-13(15)5)25-21(24)26-20-10-16(12(3)4)14(6)8-18(20)23/h7-12H,1-6H3. The van der Waals surface area contributed by atoms with Gasteiger partial charge in [0.2, 0.25) is 0 Å². The summed E-state index contributed by atoms with van der Waals surface area (Å²) in [5.74, 6) is 1.12. The van der Waals surface area contributed by atoms with Crippen LogP contribution in [0, 0.1) is 13.8 Å². The van der Waals surface area contributed by atoms with E-state index in [2.05, 4.69) is 27.7 Å². The fraction of sp³-hybridized carbons (Fsp3) is 0.381. The molecule has 0 aliphatic heterocycles. The van der Waals surface area contributed by atoms with Crippen LogP contribution < -0.4 is 9.47 Å². The molecule has 0 bridgehead atoms. The van der Waals surface area contributed by atoms with Crippen molar-refractivity contribution in [2.75, 3.05) is 0 Å². The van der Waals surface area contributed by atoms with Gasteiger partial charge in [-0.3, -0.25) is 0 Å². The monoisotopic (exact) mass is 394 g/mol. The largest absolute Gasteiger partial charge is 0.519 e. The van der Waals surface area contributed by atoms with Gasteiger partial charge >= 0.3 is 6.16 Å². The Morgan fingerprint density at radius 3 is 1.42 bits per heavy atom. The number of rotatable bonds is 4. The Labute approximate surface area is 165 Å². The first kappa shape index (κ1) is 20.6. The van der Waals surface area contributed by atoms with Gasteiger partial charge in [-0.2, -0.15) is 0 Å². The number of ether oxygens (including phenoxy) is 2. The van der Waals surface area contributed by atoms with Crippen molar-refractivity contribution < 1.29 is 14.3 Å². The second kappa shape index (κ2) is 8.32. The molecule has 0 aliphatic rings. The summed E-state index contributed by atoms with van der Waals surface area (Å²) in [6, 6.07) is 7.13. The van der Waals surface area contributed by atoms with E-state index in [-0.39, 0.29) is 23.3 Å². The maximum Gasteiger partial charge on any atom is 0.519 e. The number of aryl methyl sites for hydroxylation is 2. The van der Waals surface area contributed by atoms with Gasteiger partial charge in [-0.15, -0.1) is 0 Å². The van der Waals surface area contributed by atoms with Gasteiger partial charge in [0.15, 0.2) is 11.5 Å². The van der Waals surface area contributed by atoms with Gasteiger partial charge in [-0.05, 0) is 72.2 Å². The highest BCUT2D eigenvalue weighted by Gasteiger charge is 2.17. The number of hydrogen-bond donors (Lipinski definition) is 0. The zero-order chi connectivity index (χ0) is 19.6. The minimum absolute atomic E-state index is 0.276. The maximum absolute atomic E-state index is 12.3. The Morgan fingerprint density at radius 1 is 0.769 bits per heavy atom. The van der Waals surface area contributed by atoms with Crippen molar-refractivity contribution in [1.29, 1.82) is 0 Å². The molecule has 0 radical (unpaired) electrons. The average molecular weight is 395 g/mol. The highest BCUT2D eigenvalue weighted by molar-refractivity contribution is 6.32. The molecule has 2 aromatic rings. The van der Waals surface area contributed by atoms with Gasteiger partial charge < -0.3 is 9.47 Å². The van der Waals surface area contributed by atoms with Crippen molar-refractivity contribution in [3.05, 3.63) is 56.6 Å². The molecule has 0 atom stereocenters. The summed E-state index contributed by atoms with van der Waals surface area (Å²) in [5.41, 5.74) is 4.23. The maximum atomic E-state index is 12.3. The van der Waals surface area contributed by atoms with Crippen LogP contribution in [0.5, 0.6) is 11.5 Å². The lowest BCUT2D eigenvalue weighted by atomic mass is 9.98. The molecule has 3 nitrogen and oxygen atoms in total. The van der Waals surface area contributed by atoms with Crippen molar-refractivity contribution >= 4 is 29.4 Å². The SMILES string of the molecule is Cc1cc(Cl)c(OC(=O)Oc2cc(C(C)C)c(C)cc2Cl)cc1C(C)C. The molecule has 26 heavy (non-hydrogen) atoms. The zero-order valence-electron chi connectivity index (χ0n) is 15.9. The molecular formula is C21H24Cl2O3. The minimum Gasteiger partial charge on any atom is -0.393 e. The molecule has 0 unspecified atom stereocenters. The number of hydrogen-bond acceptors (Lipinski definition) is 3. The van der Waals surface area contributed by atoms with Crippen LogP contribution in [-0.4, -0.2) is 6.16 Å². The number of carbonyl (C=O) groups excluding carboxylic acids is 1. The predicted octanol–water partition coefficient (Wildman–Crippen LogP) is 7.43. The first-order chi connectivity index (χ1) is 12.1. The lowest BCUT2D eigenvalue weighted by Crippen LogP contribution is -2.15. The molecule has 0 N–H and O–H groups in total. The van der Waals surface area contributed by atoms with Crippen molar-refractivity contribution in [2.24, 2.45) is 0 Å². The highest BCUT2D eigenvalue weighted by atomic mass is 35.5. The molecule has 0 spiro atoms. The number of halogens is 2. The lowest BCUT2D eigenvalue weighted by molar-refractivity contribution is 0.152. The zero-order valence-corrected chi connectivity index (χ0v) is 17.5. The van der Waals surface area contributed by atoms with Crippen molar-refractivity contribution in [3.63, 3.8) is 0 Å². The summed E-state index contributed by atoms with van der Waals surface area (Å²) in [5, 5.41) is 0.725. The summed E-state index contributed by atoms with van der Waals surface area (Å²) in [6.45, 7) is 12.2. The van der Waals surface area contributed by atoms with Crippen LogP contribution in [0.2, 0.25) is 10.0 Å². The molecule has 0 fully saturated rings. The Hall–Kier alpha value is -1.71. The summed E-state index contributed by atoms with van der Waals surface area (Å²) in [6.07, 6.45) is -0.870. The fourth-order valence-corrected chi connectivity index (χ4v) is 3.45. The normalized spacial score (nSPS) is 11.2. The molecular weight excluding hydrogens is 371 g/mol. The molecule has 0 saturated carbocycles. The average Bonchev–Trinajstić information content (AvgIpc) is 2.51. The van der Waals surface area contributed by atoms with E-state index >= 15 is 0 Å². The summed E-state index contributed by atoms with van der Waals surface area (Å²) in [7, 11) is 0. The Kier molecular flexibility index (Phi) is 6.59. The number of carbonyl (C=O) groups is 1. The lowest BCUT2D eigenvalue weighted by Gasteiger charge is -2.15. The second-order valence-electron chi connectivity index (χ2n) is 7.04. The van der Waals surface area contributed by atoms with Gasteiger partial charge in [0.25, 0.3) is 0 Å². The second-order valence-corrected chi connectivity index (χ2v) is 7.86. The van der Waals surface area contributed by atoms with Crippen LogP contribution in [0.4, 0.5) is 4.79 Å². The first-order valence-corrected chi connectivity index (χ1v) is 9.35. The van der Waals surface area contributed by atoms with E-state index in [1.54, 1.807) is 24.3 Å². The molecule has 0 saturated heterocycles. The molecule has 0 aromatic heterocycles. The van der Waals surface area contributed by atoms with Gasteiger partial charge in [0.1, 0.15) is 0 Å². The van der Waals surface area contributed by atoms with Gasteiger partial charge in [-0.25, -0.2) is 4.79 Å². The topological polar surface area (TPSA) is 35.5 Å². The quantitative estimate of drug-likeness (QED) is 0.399. The van der Waals surface area contributed by atoms with Crippen molar-refractivity contribution in [3.8, 4) is 11.5 Å². The van der Waals surface area contributed by atoms with Crippen LogP contribution in [-0.2, 0) is 0 Å². The third-order valence-corrected chi connectivity index (χ3v) is 4.86. The smallest absolute Gasteiger partial charge is 0.393 e. The van der Waals surface area contributed by atoms with Crippen LogP contribution in [0.25, 0.3) is 0 Å². The molecule has 0 heterocycles. The summed E-state index contributed by atoms with van der Waals surface area (Å²) in [4.78, 5) is 12.3. The molecule has 2 aromatic carbocycles. The van der Waals surface area contributed by atoms with E-state index < -0.39 is 6.16 Å². The van der Waals surface area contributed by atoms with Crippen LogP contribution >= 0.6 is 23.2 Å². The predicted molar refractivity (Wildman–Crippen MR) is 107 cm³/mol. The Morgan fingerprint density at radius 2 is 1.12 bits per heavy atom. The van der Waals surface area contributed by atoms with Crippen LogP contribution in [0.1, 0.15) is 61.8 Å². The Balaban J connectivity index is 2.25. The van der Waals surface area contributed by atoms with E-state index in [0.29, 0.717) is 10.0 Å². The molecule has 0 aliphatic carbocycles. The van der Waals surface area contributed by atoms with Gasteiger partial charge in [0, 0.05) is 0 Å². The third-order valence-electron chi connectivity index (χ3n) is 4.27. The Bertz CT molecular complexity index is 759. The van der Waals surface area contributed by atoms with E-state index in [1.807, 2.05) is 13.8 Å². The summed E-state index contributed by atoms with van der Waals surface area (Å²) < 4.78 is 10.7.